The molecule has 28 heavy (non-hydrogen) atoms. The summed E-state index contributed by atoms with van der Waals surface area (Å²) in [5.41, 5.74) is 0.871. The zero-order chi connectivity index (χ0) is 21.0. The van der Waals surface area contributed by atoms with E-state index in [4.69, 9.17) is 14.2 Å². The van der Waals surface area contributed by atoms with E-state index in [9.17, 15) is 18.0 Å². The molecule has 1 amide bonds. The van der Waals surface area contributed by atoms with Crippen LogP contribution in [0.25, 0.3) is 0 Å². The summed E-state index contributed by atoms with van der Waals surface area (Å²) in [6, 6.07) is 5.89. The second-order valence-corrected chi connectivity index (χ2v) is 7.07. The molecule has 0 fully saturated rings. The fraction of sp³-hybridized carbons (Fsp3) is 0.444. The minimum atomic E-state index is -4.19. The van der Waals surface area contributed by atoms with Crippen LogP contribution in [0.1, 0.15) is 18.9 Å². The number of ether oxygens (including phenoxy) is 3. The van der Waals surface area contributed by atoms with Crippen molar-refractivity contribution in [3.05, 3.63) is 42.2 Å². The number of esters is 1. The summed E-state index contributed by atoms with van der Waals surface area (Å²) in [5, 5.41) is 2.50. The smallest absolute Gasteiger partial charge is 0.407 e. The summed E-state index contributed by atoms with van der Waals surface area (Å²) in [5.74, 6) is -1.77. The molecule has 0 saturated carbocycles. The number of carbonyl (C=O) groups excluding carboxylic acids is 2. The Labute approximate surface area is 164 Å². The van der Waals surface area contributed by atoms with Crippen molar-refractivity contribution < 1.29 is 36.4 Å². The molecule has 0 aliphatic heterocycles. The molecule has 0 aliphatic rings. The maximum absolute atomic E-state index is 12.1. The molecular formula is C18H25NO8S. The minimum absolute atomic E-state index is 0.114. The third-order valence-corrected chi connectivity index (χ3v) is 4.51. The van der Waals surface area contributed by atoms with Crippen LogP contribution >= 0.6 is 0 Å². The second-order valence-electron chi connectivity index (χ2n) is 5.52. The van der Waals surface area contributed by atoms with E-state index < -0.39 is 27.9 Å². The first-order chi connectivity index (χ1) is 13.3. The molecule has 10 heteroatoms. The highest BCUT2D eigenvalue weighted by Gasteiger charge is 2.21. The highest BCUT2D eigenvalue weighted by atomic mass is 32.2. The van der Waals surface area contributed by atoms with E-state index in [-0.39, 0.29) is 18.1 Å². The maximum atomic E-state index is 12.1. The summed E-state index contributed by atoms with van der Waals surface area (Å²) >= 11 is 0. The number of rotatable bonds is 12. The first-order valence-electron chi connectivity index (χ1n) is 8.62. The Morgan fingerprint density at radius 3 is 2.36 bits per heavy atom. The molecule has 9 nitrogen and oxygen atoms in total. The van der Waals surface area contributed by atoms with Crippen LogP contribution in [0.4, 0.5) is 4.79 Å². The van der Waals surface area contributed by atoms with E-state index in [0.29, 0.717) is 26.2 Å². The summed E-state index contributed by atoms with van der Waals surface area (Å²) in [6.45, 7) is 7.97. The van der Waals surface area contributed by atoms with Gasteiger partial charge in [0.15, 0.2) is 0 Å². The van der Waals surface area contributed by atoms with E-state index in [1.54, 1.807) is 19.1 Å². The number of aryl methyl sites for hydroxylation is 1. The molecule has 156 valence electrons. The van der Waals surface area contributed by atoms with Crippen molar-refractivity contribution in [2.24, 2.45) is 0 Å². The summed E-state index contributed by atoms with van der Waals surface area (Å²) in [6.07, 6.45) is -0.0190. The Morgan fingerprint density at radius 1 is 1.07 bits per heavy atom. The molecule has 0 aromatic heterocycles. The minimum Gasteiger partial charge on any atom is -0.456 e. The SMILES string of the molecule is C=C(OS(=O)(=O)c1ccc(C)cc1)C(=O)OCCOC(=O)NCCCOCC. The van der Waals surface area contributed by atoms with Gasteiger partial charge in [0.1, 0.15) is 18.1 Å². The molecule has 0 atom stereocenters. The molecule has 1 rings (SSSR count). The van der Waals surface area contributed by atoms with Crippen molar-refractivity contribution in [1.29, 1.82) is 0 Å². The van der Waals surface area contributed by atoms with E-state index in [1.165, 1.54) is 12.1 Å². The average Bonchev–Trinajstić information content (AvgIpc) is 2.64. The highest BCUT2D eigenvalue weighted by Crippen LogP contribution is 2.16. The van der Waals surface area contributed by atoms with Gasteiger partial charge in [0.05, 0.1) is 0 Å². The Kier molecular flexibility index (Phi) is 10.0. The number of benzene rings is 1. The van der Waals surface area contributed by atoms with Crippen LogP contribution in [-0.2, 0) is 33.3 Å². The Hall–Kier alpha value is -2.59. The van der Waals surface area contributed by atoms with E-state index in [0.717, 1.165) is 5.56 Å². The molecule has 1 aromatic rings. The van der Waals surface area contributed by atoms with Crippen LogP contribution in [0, 0.1) is 6.92 Å². The van der Waals surface area contributed by atoms with Gasteiger partial charge in [0.25, 0.3) is 0 Å². The molecule has 0 unspecified atom stereocenters. The van der Waals surface area contributed by atoms with Gasteiger partial charge in [0, 0.05) is 19.8 Å². The third-order valence-electron chi connectivity index (χ3n) is 3.24. The monoisotopic (exact) mass is 415 g/mol. The van der Waals surface area contributed by atoms with Crippen LogP contribution in [0.15, 0.2) is 41.5 Å². The predicted octanol–water partition coefficient (Wildman–Crippen LogP) is 1.91. The van der Waals surface area contributed by atoms with Crippen molar-refractivity contribution in [2.45, 2.75) is 25.2 Å². The van der Waals surface area contributed by atoms with Gasteiger partial charge in [-0.05, 0) is 39.0 Å². The van der Waals surface area contributed by atoms with Gasteiger partial charge in [-0.1, -0.05) is 17.7 Å². The predicted molar refractivity (Wildman–Crippen MR) is 100 cm³/mol. The van der Waals surface area contributed by atoms with E-state index >= 15 is 0 Å². The summed E-state index contributed by atoms with van der Waals surface area (Å²) in [4.78, 5) is 23.0. The topological polar surface area (TPSA) is 117 Å². The zero-order valence-corrected chi connectivity index (χ0v) is 16.7. The van der Waals surface area contributed by atoms with E-state index in [2.05, 4.69) is 16.1 Å². The van der Waals surface area contributed by atoms with E-state index in [1.807, 2.05) is 6.92 Å². The van der Waals surface area contributed by atoms with Crippen molar-refractivity contribution >= 4 is 22.2 Å². The summed E-state index contributed by atoms with van der Waals surface area (Å²) < 4.78 is 43.5. The first-order valence-corrected chi connectivity index (χ1v) is 10.0. The lowest BCUT2D eigenvalue weighted by atomic mass is 10.2. The molecule has 0 spiro atoms. The van der Waals surface area contributed by atoms with Crippen LogP contribution in [0.2, 0.25) is 0 Å². The lowest BCUT2D eigenvalue weighted by Gasteiger charge is -2.10. The molecule has 0 bridgehead atoms. The quantitative estimate of drug-likeness (QED) is 0.181. The van der Waals surface area contributed by atoms with Crippen molar-refractivity contribution in [2.75, 3.05) is 33.0 Å². The van der Waals surface area contributed by atoms with Crippen molar-refractivity contribution in [1.82, 2.24) is 5.32 Å². The fourth-order valence-electron chi connectivity index (χ4n) is 1.83. The molecule has 1 aromatic carbocycles. The van der Waals surface area contributed by atoms with Gasteiger partial charge in [-0.3, -0.25) is 0 Å². The Bertz CT molecular complexity index is 758. The normalized spacial score (nSPS) is 10.8. The zero-order valence-electron chi connectivity index (χ0n) is 15.9. The number of carbonyl (C=O) groups is 2. The van der Waals surface area contributed by atoms with Gasteiger partial charge < -0.3 is 23.7 Å². The standard InChI is InChI=1S/C18H25NO8S/c1-4-24-11-5-10-19-18(21)26-13-12-25-17(20)15(3)27-28(22,23)16-8-6-14(2)7-9-16/h6-9H,3-5,10-13H2,1-2H3,(H,19,21). The third kappa shape index (κ3) is 8.87. The number of hydrogen-bond acceptors (Lipinski definition) is 8. The van der Waals surface area contributed by atoms with Crippen LogP contribution in [0.3, 0.4) is 0 Å². The lowest BCUT2D eigenvalue weighted by molar-refractivity contribution is -0.142. The van der Waals surface area contributed by atoms with Gasteiger partial charge in [0.2, 0.25) is 5.76 Å². The largest absolute Gasteiger partial charge is 0.456 e. The van der Waals surface area contributed by atoms with Crippen LogP contribution in [0.5, 0.6) is 0 Å². The van der Waals surface area contributed by atoms with Crippen LogP contribution in [-0.4, -0.2) is 53.5 Å². The summed E-state index contributed by atoms with van der Waals surface area (Å²) in [7, 11) is -4.19. The van der Waals surface area contributed by atoms with Crippen molar-refractivity contribution in [3.8, 4) is 0 Å². The number of hydrogen-bond donors (Lipinski definition) is 1. The number of amides is 1. The van der Waals surface area contributed by atoms with Gasteiger partial charge in [-0.15, -0.1) is 0 Å². The average molecular weight is 415 g/mol. The molecule has 0 saturated heterocycles. The Morgan fingerprint density at radius 2 is 1.71 bits per heavy atom. The van der Waals surface area contributed by atoms with Gasteiger partial charge in [-0.2, -0.15) is 8.42 Å². The number of alkyl carbamates (subject to hydrolysis) is 1. The molecule has 1 N–H and O–H groups in total. The van der Waals surface area contributed by atoms with Crippen molar-refractivity contribution in [3.63, 3.8) is 0 Å². The Balaban J connectivity index is 2.28. The number of nitrogens with one attached hydrogen (secondary N) is 1. The van der Waals surface area contributed by atoms with Crippen LogP contribution < -0.4 is 5.32 Å². The molecule has 0 aliphatic carbocycles. The maximum Gasteiger partial charge on any atom is 0.407 e. The molecule has 0 radical (unpaired) electrons. The highest BCUT2D eigenvalue weighted by molar-refractivity contribution is 7.86. The van der Waals surface area contributed by atoms with Gasteiger partial charge in [-0.25, -0.2) is 9.59 Å². The first kappa shape index (κ1) is 23.4. The fourth-order valence-corrected chi connectivity index (χ4v) is 2.73. The molecule has 0 heterocycles. The second kappa shape index (κ2) is 12.0. The lowest BCUT2D eigenvalue weighted by Crippen LogP contribution is -2.27. The van der Waals surface area contributed by atoms with Gasteiger partial charge >= 0.3 is 22.2 Å². The molecular weight excluding hydrogens is 390 g/mol.